The lowest BCUT2D eigenvalue weighted by molar-refractivity contribution is 0.0955. The van der Waals surface area contributed by atoms with Crippen LogP contribution in [0.25, 0.3) is 0 Å². The molecule has 3 rings (SSSR count). The summed E-state index contributed by atoms with van der Waals surface area (Å²) in [5.41, 5.74) is 4.50. The summed E-state index contributed by atoms with van der Waals surface area (Å²) in [6.07, 6.45) is 1.39. The van der Waals surface area contributed by atoms with Gasteiger partial charge in [-0.05, 0) is 42.0 Å². The smallest absolute Gasteiger partial charge is 0.271 e. The molecule has 26 heavy (non-hydrogen) atoms. The predicted molar refractivity (Wildman–Crippen MR) is 100 cm³/mol. The van der Waals surface area contributed by atoms with Crippen LogP contribution in [0.15, 0.2) is 84.0 Å². The second-order valence-electron chi connectivity index (χ2n) is 5.56. The van der Waals surface area contributed by atoms with Crippen LogP contribution in [-0.2, 0) is 6.61 Å². The van der Waals surface area contributed by atoms with E-state index in [1.807, 2.05) is 30.3 Å². The number of benzene rings is 3. The molecule has 2 N–H and O–H groups in total. The Kier molecular flexibility index (Phi) is 5.62. The summed E-state index contributed by atoms with van der Waals surface area (Å²) in [6, 6.07) is 23.4. The molecule has 0 radical (unpaired) electrons. The number of carbonyl (C=O) groups is 1. The van der Waals surface area contributed by atoms with Crippen molar-refractivity contribution in [2.24, 2.45) is 5.10 Å². The van der Waals surface area contributed by atoms with Crippen molar-refractivity contribution in [1.29, 1.82) is 0 Å². The van der Waals surface area contributed by atoms with Crippen molar-refractivity contribution in [3.8, 4) is 11.5 Å². The zero-order valence-electron chi connectivity index (χ0n) is 14.0. The number of rotatable bonds is 6. The van der Waals surface area contributed by atoms with Gasteiger partial charge >= 0.3 is 0 Å². The summed E-state index contributed by atoms with van der Waals surface area (Å²) >= 11 is 0. The van der Waals surface area contributed by atoms with Crippen LogP contribution in [0.1, 0.15) is 21.5 Å². The average molecular weight is 346 g/mol. The van der Waals surface area contributed by atoms with Gasteiger partial charge in [-0.2, -0.15) is 5.10 Å². The number of phenolic OH excluding ortho intramolecular Hbond substituents is 1. The molecule has 3 aromatic rings. The molecule has 130 valence electrons. The fourth-order valence-corrected chi connectivity index (χ4v) is 2.27. The molecule has 0 spiro atoms. The topological polar surface area (TPSA) is 70.9 Å². The Morgan fingerprint density at radius 2 is 1.65 bits per heavy atom. The maximum absolute atomic E-state index is 12.1. The Morgan fingerprint density at radius 1 is 0.962 bits per heavy atom. The minimum atomic E-state index is -0.341. The molecule has 0 heterocycles. The van der Waals surface area contributed by atoms with E-state index in [9.17, 15) is 9.90 Å². The minimum Gasteiger partial charge on any atom is -0.507 e. The lowest BCUT2D eigenvalue weighted by Gasteiger charge is -2.07. The van der Waals surface area contributed by atoms with Crippen LogP contribution >= 0.6 is 0 Å². The largest absolute Gasteiger partial charge is 0.507 e. The van der Waals surface area contributed by atoms with Crippen LogP contribution in [0.2, 0.25) is 0 Å². The van der Waals surface area contributed by atoms with Crippen LogP contribution in [0, 0.1) is 0 Å². The minimum absolute atomic E-state index is 0.102. The molecule has 0 saturated carbocycles. The van der Waals surface area contributed by atoms with E-state index in [-0.39, 0.29) is 11.7 Å². The van der Waals surface area contributed by atoms with Crippen LogP contribution in [-0.4, -0.2) is 17.2 Å². The number of carbonyl (C=O) groups excluding carboxylic acids is 1. The van der Waals surface area contributed by atoms with Gasteiger partial charge in [-0.1, -0.05) is 42.5 Å². The Balaban J connectivity index is 1.54. The molecule has 0 aliphatic heterocycles. The van der Waals surface area contributed by atoms with Crippen LogP contribution in [0.5, 0.6) is 11.5 Å². The van der Waals surface area contributed by atoms with Crippen molar-refractivity contribution in [2.45, 2.75) is 6.61 Å². The maximum atomic E-state index is 12.1. The first-order valence-electron chi connectivity index (χ1n) is 8.10. The van der Waals surface area contributed by atoms with Crippen LogP contribution in [0.4, 0.5) is 0 Å². The number of amides is 1. The molecule has 0 aliphatic rings. The first kappa shape index (κ1) is 17.2. The first-order valence-corrected chi connectivity index (χ1v) is 8.10. The molecule has 0 aliphatic carbocycles. The first-order chi connectivity index (χ1) is 12.7. The number of para-hydroxylation sites is 1. The van der Waals surface area contributed by atoms with Crippen molar-refractivity contribution in [3.05, 3.63) is 95.6 Å². The number of hydrogen-bond donors (Lipinski definition) is 2. The van der Waals surface area contributed by atoms with Gasteiger partial charge in [0.2, 0.25) is 0 Å². The predicted octanol–water partition coefficient (Wildman–Crippen LogP) is 3.74. The molecule has 0 fully saturated rings. The number of hydrazone groups is 1. The van der Waals surface area contributed by atoms with E-state index in [1.54, 1.807) is 48.5 Å². The Labute approximate surface area is 151 Å². The SMILES string of the molecule is O=C(N/N=C/c1ccccc1O)c1ccc(OCc2ccccc2)cc1. The monoisotopic (exact) mass is 346 g/mol. The number of hydrogen-bond acceptors (Lipinski definition) is 4. The molecule has 3 aromatic carbocycles. The highest BCUT2D eigenvalue weighted by Crippen LogP contribution is 2.15. The maximum Gasteiger partial charge on any atom is 0.271 e. The zero-order valence-corrected chi connectivity index (χ0v) is 14.0. The average Bonchev–Trinajstić information content (AvgIpc) is 2.69. The van der Waals surface area contributed by atoms with E-state index >= 15 is 0 Å². The van der Waals surface area contributed by atoms with E-state index in [0.717, 1.165) is 5.56 Å². The quantitative estimate of drug-likeness (QED) is 0.528. The van der Waals surface area contributed by atoms with Gasteiger partial charge in [0.25, 0.3) is 5.91 Å². The van der Waals surface area contributed by atoms with Gasteiger partial charge in [-0.15, -0.1) is 0 Å². The Morgan fingerprint density at radius 3 is 2.38 bits per heavy atom. The lowest BCUT2D eigenvalue weighted by atomic mass is 10.2. The summed E-state index contributed by atoms with van der Waals surface area (Å²) in [4.78, 5) is 12.1. The van der Waals surface area contributed by atoms with Gasteiger partial charge in [0, 0.05) is 11.1 Å². The van der Waals surface area contributed by atoms with Crippen molar-refractivity contribution < 1.29 is 14.6 Å². The third-order valence-electron chi connectivity index (χ3n) is 3.67. The van der Waals surface area contributed by atoms with E-state index in [2.05, 4.69) is 10.5 Å². The van der Waals surface area contributed by atoms with E-state index in [0.29, 0.717) is 23.5 Å². The number of phenols is 1. The summed E-state index contributed by atoms with van der Waals surface area (Å²) in [5.74, 6) is 0.444. The molecule has 1 amide bonds. The molecular formula is C21H18N2O3. The zero-order chi connectivity index (χ0) is 18.2. The van der Waals surface area contributed by atoms with Gasteiger partial charge in [-0.3, -0.25) is 4.79 Å². The summed E-state index contributed by atoms with van der Waals surface area (Å²) in [6.45, 7) is 0.469. The normalized spacial score (nSPS) is 10.6. The van der Waals surface area contributed by atoms with Gasteiger partial charge in [-0.25, -0.2) is 5.43 Å². The van der Waals surface area contributed by atoms with Gasteiger partial charge in [0.05, 0.1) is 6.21 Å². The lowest BCUT2D eigenvalue weighted by Crippen LogP contribution is -2.17. The molecule has 5 heteroatoms. The van der Waals surface area contributed by atoms with Crippen LogP contribution < -0.4 is 10.2 Å². The third kappa shape index (κ3) is 4.70. The van der Waals surface area contributed by atoms with Crippen molar-refractivity contribution in [1.82, 2.24) is 5.43 Å². The summed E-state index contributed by atoms with van der Waals surface area (Å²) < 4.78 is 5.69. The second kappa shape index (κ2) is 8.48. The molecule has 0 unspecified atom stereocenters. The second-order valence-corrected chi connectivity index (χ2v) is 5.56. The summed E-state index contributed by atoms with van der Waals surface area (Å²) in [5, 5.41) is 13.5. The molecule has 0 atom stereocenters. The third-order valence-corrected chi connectivity index (χ3v) is 3.67. The van der Waals surface area contributed by atoms with Gasteiger partial charge < -0.3 is 9.84 Å². The number of nitrogens with one attached hydrogen (secondary N) is 1. The highest BCUT2D eigenvalue weighted by molar-refractivity contribution is 5.95. The van der Waals surface area contributed by atoms with Crippen molar-refractivity contribution >= 4 is 12.1 Å². The Hall–Kier alpha value is -3.60. The highest BCUT2D eigenvalue weighted by atomic mass is 16.5. The van der Waals surface area contributed by atoms with Crippen molar-refractivity contribution in [2.75, 3.05) is 0 Å². The van der Waals surface area contributed by atoms with Gasteiger partial charge in [0.15, 0.2) is 0 Å². The standard InChI is InChI=1S/C21H18N2O3/c24-20-9-5-4-8-18(20)14-22-23-21(25)17-10-12-19(13-11-17)26-15-16-6-2-1-3-7-16/h1-14,24H,15H2,(H,23,25)/b22-14+. The van der Waals surface area contributed by atoms with Crippen molar-refractivity contribution in [3.63, 3.8) is 0 Å². The molecular weight excluding hydrogens is 328 g/mol. The van der Waals surface area contributed by atoms with E-state index < -0.39 is 0 Å². The Bertz CT molecular complexity index is 891. The number of nitrogens with zero attached hydrogens (tertiary/aromatic N) is 1. The molecule has 0 aromatic heterocycles. The van der Waals surface area contributed by atoms with E-state index in [1.165, 1.54) is 6.21 Å². The molecule has 0 saturated heterocycles. The van der Waals surface area contributed by atoms with Crippen LogP contribution in [0.3, 0.4) is 0 Å². The number of aromatic hydroxyl groups is 1. The number of ether oxygens (including phenoxy) is 1. The molecule has 5 nitrogen and oxygen atoms in total. The highest BCUT2D eigenvalue weighted by Gasteiger charge is 2.05. The fourth-order valence-electron chi connectivity index (χ4n) is 2.27. The molecule has 0 bridgehead atoms. The van der Waals surface area contributed by atoms with E-state index in [4.69, 9.17) is 4.74 Å². The van der Waals surface area contributed by atoms with Gasteiger partial charge in [0.1, 0.15) is 18.1 Å². The fraction of sp³-hybridized carbons (Fsp3) is 0.0476. The summed E-state index contributed by atoms with van der Waals surface area (Å²) in [7, 11) is 0.